The first kappa shape index (κ1) is 15.5. The molecule has 0 saturated heterocycles. The van der Waals surface area contributed by atoms with Crippen molar-refractivity contribution in [1.82, 2.24) is 15.0 Å². The number of nitrogens with zero attached hydrogens (tertiary/aromatic N) is 4. The smallest absolute Gasteiger partial charge is 0.231 e. The molecule has 21 heavy (non-hydrogen) atoms. The molecule has 6 nitrogen and oxygen atoms in total. The van der Waals surface area contributed by atoms with Crippen molar-refractivity contribution in [3.8, 4) is 0 Å². The SMILES string of the molecule is CCC(Nc1nc(N)nc(N(CC)CC)n1)c1cccs1. The van der Waals surface area contributed by atoms with Crippen LogP contribution in [0, 0.1) is 0 Å². The standard InChI is InChI=1S/C14H22N6S/c1-4-10(11-8-7-9-21-11)16-13-17-12(15)18-14(19-13)20(5-2)6-3/h7-10H,4-6H2,1-3H3,(H3,15,16,17,18,19). The third kappa shape index (κ3) is 3.81. The minimum atomic E-state index is 0.191. The number of nitrogen functional groups attached to an aromatic ring is 1. The fraction of sp³-hybridized carbons (Fsp3) is 0.500. The molecule has 0 amide bonds. The Bertz CT molecular complexity index is 553. The average molecular weight is 306 g/mol. The second kappa shape index (κ2) is 7.21. The Balaban J connectivity index is 2.23. The van der Waals surface area contributed by atoms with E-state index in [1.165, 1.54) is 4.88 Å². The van der Waals surface area contributed by atoms with Gasteiger partial charge in [0, 0.05) is 18.0 Å². The fourth-order valence-electron chi connectivity index (χ4n) is 2.11. The maximum atomic E-state index is 5.82. The molecule has 0 fully saturated rings. The minimum absolute atomic E-state index is 0.191. The molecule has 0 aliphatic carbocycles. The first-order valence-electron chi connectivity index (χ1n) is 7.24. The van der Waals surface area contributed by atoms with E-state index >= 15 is 0 Å². The first-order valence-corrected chi connectivity index (χ1v) is 8.12. The van der Waals surface area contributed by atoms with Crippen LogP contribution < -0.4 is 16.0 Å². The molecule has 114 valence electrons. The van der Waals surface area contributed by atoms with Crippen LogP contribution in [0.1, 0.15) is 38.1 Å². The van der Waals surface area contributed by atoms with E-state index in [4.69, 9.17) is 5.73 Å². The van der Waals surface area contributed by atoms with E-state index in [1.807, 2.05) is 6.07 Å². The number of rotatable bonds is 7. The summed E-state index contributed by atoms with van der Waals surface area (Å²) in [7, 11) is 0. The molecule has 7 heteroatoms. The van der Waals surface area contributed by atoms with Gasteiger partial charge in [-0.2, -0.15) is 15.0 Å². The summed E-state index contributed by atoms with van der Waals surface area (Å²) in [6.07, 6.45) is 0.951. The third-order valence-corrected chi connectivity index (χ3v) is 4.27. The molecule has 0 saturated carbocycles. The van der Waals surface area contributed by atoms with E-state index in [9.17, 15) is 0 Å². The van der Waals surface area contributed by atoms with E-state index in [-0.39, 0.29) is 12.0 Å². The van der Waals surface area contributed by atoms with E-state index in [0.717, 1.165) is 19.5 Å². The molecule has 0 aromatic carbocycles. The molecule has 2 rings (SSSR count). The van der Waals surface area contributed by atoms with Gasteiger partial charge in [0.1, 0.15) is 0 Å². The van der Waals surface area contributed by atoms with E-state index in [0.29, 0.717) is 11.9 Å². The predicted molar refractivity (Wildman–Crippen MR) is 88.8 cm³/mol. The van der Waals surface area contributed by atoms with Crippen LogP contribution >= 0.6 is 11.3 Å². The summed E-state index contributed by atoms with van der Waals surface area (Å²) in [6.45, 7) is 7.93. The summed E-state index contributed by atoms with van der Waals surface area (Å²) in [6, 6.07) is 4.35. The van der Waals surface area contributed by atoms with Crippen LogP contribution in [0.2, 0.25) is 0 Å². The lowest BCUT2D eigenvalue weighted by Crippen LogP contribution is -2.25. The molecular formula is C14H22N6S. The lowest BCUT2D eigenvalue weighted by molar-refractivity contribution is 0.745. The topological polar surface area (TPSA) is 80.0 Å². The van der Waals surface area contributed by atoms with Crippen LogP contribution in [0.3, 0.4) is 0 Å². The Morgan fingerprint density at radius 1 is 1.24 bits per heavy atom. The van der Waals surface area contributed by atoms with Crippen molar-refractivity contribution >= 4 is 29.2 Å². The van der Waals surface area contributed by atoms with Crippen LogP contribution in [0.15, 0.2) is 17.5 Å². The van der Waals surface area contributed by atoms with Crippen LogP contribution in [-0.2, 0) is 0 Å². The van der Waals surface area contributed by atoms with Gasteiger partial charge < -0.3 is 16.0 Å². The summed E-state index contributed by atoms with van der Waals surface area (Å²) in [5.74, 6) is 1.40. The van der Waals surface area contributed by atoms with Crippen molar-refractivity contribution in [3.63, 3.8) is 0 Å². The number of thiophene rings is 1. The lowest BCUT2D eigenvalue weighted by Gasteiger charge is -2.20. The van der Waals surface area contributed by atoms with Crippen molar-refractivity contribution in [2.75, 3.05) is 29.0 Å². The van der Waals surface area contributed by atoms with Crippen LogP contribution in [-0.4, -0.2) is 28.0 Å². The highest BCUT2D eigenvalue weighted by Crippen LogP contribution is 2.25. The Labute approximate surface area is 129 Å². The maximum absolute atomic E-state index is 5.82. The molecule has 2 aromatic rings. The molecule has 1 atom stereocenters. The second-order valence-corrected chi connectivity index (χ2v) is 5.59. The van der Waals surface area contributed by atoms with Gasteiger partial charge in [0.2, 0.25) is 17.8 Å². The van der Waals surface area contributed by atoms with Gasteiger partial charge in [0.05, 0.1) is 6.04 Å². The van der Waals surface area contributed by atoms with Gasteiger partial charge in [0.25, 0.3) is 0 Å². The van der Waals surface area contributed by atoms with Gasteiger partial charge in [-0.15, -0.1) is 11.3 Å². The Morgan fingerprint density at radius 2 is 2.00 bits per heavy atom. The molecule has 0 bridgehead atoms. The van der Waals surface area contributed by atoms with Crippen LogP contribution in [0.25, 0.3) is 0 Å². The summed E-state index contributed by atoms with van der Waals surface area (Å²) in [5.41, 5.74) is 5.82. The van der Waals surface area contributed by atoms with Gasteiger partial charge in [-0.05, 0) is 31.7 Å². The molecule has 2 aromatic heterocycles. The highest BCUT2D eigenvalue weighted by Gasteiger charge is 2.14. The third-order valence-electron chi connectivity index (χ3n) is 3.29. The minimum Gasteiger partial charge on any atom is -0.368 e. The Kier molecular flexibility index (Phi) is 5.32. The van der Waals surface area contributed by atoms with Crippen molar-refractivity contribution < 1.29 is 0 Å². The largest absolute Gasteiger partial charge is 0.368 e. The molecule has 0 aliphatic heterocycles. The monoisotopic (exact) mass is 306 g/mol. The lowest BCUT2D eigenvalue weighted by atomic mass is 10.2. The summed E-state index contributed by atoms with van der Waals surface area (Å²) >= 11 is 1.72. The van der Waals surface area contributed by atoms with E-state index < -0.39 is 0 Å². The summed E-state index contributed by atoms with van der Waals surface area (Å²) < 4.78 is 0. The number of hydrogen-bond acceptors (Lipinski definition) is 7. The van der Waals surface area contributed by atoms with E-state index in [1.54, 1.807) is 11.3 Å². The molecule has 2 heterocycles. The van der Waals surface area contributed by atoms with Gasteiger partial charge in [-0.3, -0.25) is 0 Å². The molecule has 0 spiro atoms. The molecular weight excluding hydrogens is 284 g/mol. The van der Waals surface area contributed by atoms with Crippen LogP contribution in [0.5, 0.6) is 0 Å². The maximum Gasteiger partial charge on any atom is 0.231 e. The normalized spacial score (nSPS) is 12.1. The first-order chi connectivity index (χ1) is 10.2. The average Bonchev–Trinajstić information content (AvgIpc) is 2.99. The van der Waals surface area contributed by atoms with Crippen molar-refractivity contribution in [2.24, 2.45) is 0 Å². The zero-order valence-corrected chi connectivity index (χ0v) is 13.5. The van der Waals surface area contributed by atoms with Crippen LogP contribution in [0.4, 0.5) is 17.8 Å². The molecule has 1 unspecified atom stereocenters. The number of anilines is 3. The number of nitrogens with two attached hydrogens (primary N) is 1. The van der Waals surface area contributed by atoms with Gasteiger partial charge >= 0.3 is 0 Å². The summed E-state index contributed by atoms with van der Waals surface area (Å²) in [5, 5.41) is 5.43. The molecule has 3 N–H and O–H groups in total. The molecule has 0 aliphatic rings. The van der Waals surface area contributed by atoms with E-state index in [2.05, 4.69) is 57.4 Å². The van der Waals surface area contributed by atoms with Gasteiger partial charge in [-0.25, -0.2) is 0 Å². The zero-order chi connectivity index (χ0) is 15.2. The van der Waals surface area contributed by atoms with Gasteiger partial charge in [0.15, 0.2) is 0 Å². The summed E-state index contributed by atoms with van der Waals surface area (Å²) in [4.78, 5) is 16.2. The van der Waals surface area contributed by atoms with Gasteiger partial charge in [-0.1, -0.05) is 13.0 Å². The number of nitrogens with one attached hydrogen (secondary N) is 1. The number of hydrogen-bond donors (Lipinski definition) is 2. The Hall–Kier alpha value is -1.89. The van der Waals surface area contributed by atoms with Crippen molar-refractivity contribution in [1.29, 1.82) is 0 Å². The van der Waals surface area contributed by atoms with Crippen molar-refractivity contribution in [3.05, 3.63) is 22.4 Å². The fourth-order valence-corrected chi connectivity index (χ4v) is 2.97. The molecule has 0 radical (unpaired) electrons. The van der Waals surface area contributed by atoms with Crippen molar-refractivity contribution in [2.45, 2.75) is 33.2 Å². The number of aromatic nitrogens is 3. The predicted octanol–water partition coefficient (Wildman–Crippen LogP) is 2.92. The Morgan fingerprint density at radius 3 is 2.57 bits per heavy atom. The highest BCUT2D eigenvalue weighted by atomic mass is 32.1. The second-order valence-electron chi connectivity index (χ2n) is 4.61. The highest BCUT2D eigenvalue weighted by molar-refractivity contribution is 7.10. The zero-order valence-electron chi connectivity index (χ0n) is 12.7. The quantitative estimate of drug-likeness (QED) is 0.818.